The molecule has 0 amide bonds. The lowest BCUT2D eigenvalue weighted by Crippen LogP contribution is -2.10. The highest BCUT2D eigenvalue weighted by Gasteiger charge is 2.02. The molecule has 0 fully saturated rings. The molecule has 0 radical (unpaired) electrons. The number of thioether (sulfide) groups is 1. The van der Waals surface area contributed by atoms with Gasteiger partial charge in [0.2, 0.25) is 0 Å². The number of aromatic nitrogens is 1. The third kappa shape index (κ3) is 3.24. The SMILES string of the molecule is CC(C)SCc1cccnc1NN. The summed E-state index contributed by atoms with van der Waals surface area (Å²) in [6.45, 7) is 4.35. The van der Waals surface area contributed by atoms with Gasteiger partial charge >= 0.3 is 0 Å². The Hall–Kier alpha value is -0.740. The van der Waals surface area contributed by atoms with Gasteiger partial charge in [-0.25, -0.2) is 10.8 Å². The fourth-order valence-electron chi connectivity index (χ4n) is 0.941. The minimum absolute atomic E-state index is 0.630. The maximum absolute atomic E-state index is 5.34. The molecule has 0 aliphatic rings. The summed E-state index contributed by atoms with van der Waals surface area (Å²) in [5.74, 6) is 7.06. The Bertz CT molecular complexity index is 263. The lowest BCUT2D eigenvalue weighted by Gasteiger charge is -2.08. The average Bonchev–Trinajstić information content (AvgIpc) is 2.15. The van der Waals surface area contributed by atoms with Crippen molar-refractivity contribution in [3.05, 3.63) is 23.9 Å². The van der Waals surface area contributed by atoms with Gasteiger partial charge in [0.25, 0.3) is 0 Å². The molecular formula is C9H15N3S. The number of nitrogens with one attached hydrogen (secondary N) is 1. The van der Waals surface area contributed by atoms with Crippen LogP contribution >= 0.6 is 11.8 Å². The maximum atomic E-state index is 5.34. The molecule has 0 aromatic carbocycles. The van der Waals surface area contributed by atoms with Crippen LogP contribution in [0.3, 0.4) is 0 Å². The van der Waals surface area contributed by atoms with Gasteiger partial charge in [-0.1, -0.05) is 19.9 Å². The molecule has 1 heterocycles. The van der Waals surface area contributed by atoms with E-state index in [2.05, 4.69) is 24.3 Å². The maximum Gasteiger partial charge on any atom is 0.143 e. The van der Waals surface area contributed by atoms with Crippen LogP contribution in [0.2, 0.25) is 0 Å². The van der Waals surface area contributed by atoms with E-state index < -0.39 is 0 Å². The van der Waals surface area contributed by atoms with Crippen molar-refractivity contribution in [3.8, 4) is 0 Å². The number of hydrogen-bond donors (Lipinski definition) is 2. The fourth-order valence-corrected chi connectivity index (χ4v) is 1.69. The number of hydrazine groups is 1. The molecule has 0 aliphatic heterocycles. The fraction of sp³-hybridized carbons (Fsp3) is 0.444. The molecule has 0 bridgehead atoms. The minimum atomic E-state index is 0.630. The van der Waals surface area contributed by atoms with Gasteiger partial charge in [-0.3, -0.25) is 0 Å². The zero-order valence-corrected chi connectivity index (χ0v) is 8.77. The summed E-state index contributed by atoms with van der Waals surface area (Å²) in [6.07, 6.45) is 1.73. The second-order valence-electron chi connectivity index (χ2n) is 3.02. The van der Waals surface area contributed by atoms with Gasteiger partial charge in [-0.05, 0) is 11.3 Å². The highest BCUT2D eigenvalue weighted by Crippen LogP contribution is 2.20. The summed E-state index contributed by atoms with van der Waals surface area (Å²) < 4.78 is 0. The molecule has 1 aromatic heterocycles. The zero-order chi connectivity index (χ0) is 9.68. The van der Waals surface area contributed by atoms with Crippen LogP contribution < -0.4 is 11.3 Å². The molecular weight excluding hydrogens is 182 g/mol. The molecule has 3 N–H and O–H groups in total. The summed E-state index contributed by atoms with van der Waals surface area (Å²) >= 11 is 1.88. The number of nitrogens with two attached hydrogens (primary N) is 1. The van der Waals surface area contributed by atoms with Gasteiger partial charge in [-0.2, -0.15) is 11.8 Å². The number of rotatable bonds is 4. The van der Waals surface area contributed by atoms with Crippen molar-refractivity contribution in [1.82, 2.24) is 4.98 Å². The van der Waals surface area contributed by atoms with Crippen molar-refractivity contribution in [3.63, 3.8) is 0 Å². The molecule has 72 valence electrons. The lowest BCUT2D eigenvalue weighted by atomic mass is 10.3. The van der Waals surface area contributed by atoms with Gasteiger partial charge in [0, 0.05) is 17.5 Å². The first-order valence-corrected chi connectivity index (χ1v) is 5.31. The zero-order valence-electron chi connectivity index (χ0n) is 7.95. The summed E-state index contributed by atoms with van der Waals surface area (Å²) in [6, 6.07) is 3.97. The van der Waals surface area contributed by atoms with Crippen molar-refractivity contribution in [2.75, 3.05) is 5.43 Å². The van der Waals surface area contributed by atoms with E-state index in [1.165, 1.54) is 0 Å². The summed E-state index contributed by atoms with van der Waals surface area (Å²) in [5.41, 5.74) is 3.75. The summed E-state index contributed by atoms with van der Waals surface area (Å²) in [7, 11) is 0. The minimum Gasteiger partial charge on any atom is -0.308 e. The van der Waals surface area contributed by atoms with Crippen LogP contribution in [0.1, 0.15) is 19.4 Å². The Balaban J connectivity index is 2.64. The molecule has 0 saturated carbocycles. The molecule has 0 atom stereocenters. The van der Waals surface area contributed by atoms with Gasteiger partial charge < -0.3 is 5.43 Å². The highest BCUT2D eigenvalue weighted by molar-refractivity contribution is 7.99. The average molecular weight is 197 g/mol. The van der Waals surface area contributed by atoms with Crippen LogP contribution in [0.4, 0.5) is 5.82 Å². The van der Waals surface area contributed by atoms with Crippen molar-refractivity contribution >= 4 is 17.6 Å². The first kappa shape index (κ1) is 10.3. The van der Waals surface area contributed by atoms with E-state index in [9.17, 15) is 0 Å². The van der Waals surface area contributed by atoms with Gasteiger partial charge in [0.1, 0.15) is 5.82 Å². The molecule has 0 saturated heterocycles. The summed E-state index contributed by atoms with van der Waals surface area (Å²) in [4.78, 5) is 4.13. The molecule has 0 aliphatic carbocycles. The predicted octanol–water partition coefficient (Wildman–Crippen LogP) is 2.01. The Kier molecular flexibility index (Phi) is 4.05. The van der Waals surface area contributed by atoms with Crippen molar-refractivity contribution in [2.24, 2.45) is 5.84 Å². The van der Waals surface area contributed by atoms with Crippen LogP contribution in [0.25, 0.3) is 0 Å². The molecule has 3 nitrogen and oxygen atoms in total. The van der Waals surface area contributed by atoms with Crippen LogP contribution in [0.15, 0.2) is 18.3 Å². The Morgan fingerprint density at radius 3 is 3.00 bits per heavy atom. The topological polar surface area (TPSA) is 50.9 Å². The monoisotopic (exact) mass is 197 g/mol. The van der Waals surface area contributed by atoms with E-state index in [1.807, 2.05) is 23.9 Å². The van der Waals surface area contributed by atoms with Crippen LogP contribution in [-0.4, -0.2) is 10.2 Å². The number of anilines is 1. The number of nitrogen functional groups attached to an aromatic ring is 1. The van der Waals surface area contributed by atoms with Gasteiger partial charge in [-0.15, -0.1) is 0 Å². The standard InChI is InChI=1S/C9H15N3S/c1-7(2)13-6-8-4-3-5-11-9(8)12-10/h3-5,7H,6,10H2,1-2H3,(H,11,12). The van der Waals surface area contributed by atoms with Crippen LogP contribution in [0, 0.1) is 0 Å². The van der Waals surface area contributed by atoms with Crippen molar-refractivity contribution in [1.29, 1.82) is 0 Å². The second-order valence-corrected chi connectivity index (χ2v) is 4.58. The predicted molar refractivity (Wildman–Crippen MR) is 58.5 cm³/mol. The van der Waals surface area contributed by atoms with Gasteiger partial charge in [0.15, 0.2) is 0 Å². The molecule has 13 heavy (non-hydrogen) atoms. The Morgan fingerprint density at radius 1 is 1.62 bits per heavy atom. The molecule has 0 spiro atoms. The smallest absolute Gasteiger partial charge is 0.143 e. The molecule has 1 rings (SSSR count). The van der Waals surface area contributed by atoms with Crippen LogP contribution in [-0.2, 0) is 5.75 Å². The first-order chi connectivity index (χ1) is 6.24. The number of pyridine rings is 1. The van der Waals surface area contributed by atoms with E-state index in [4.69, 9.17) is 5.84 Å². The highest BCUT2D eigenvalue weighted by atomic mass is 32.2. The Labute approximate surface area is 83.1 Å². The largest absolute Gasteiger partial charge is 0.308 e. The van der Waals surface area contributed by atoms with E-state index >= 15 is 0 Å². The quantitative estimate of drug-likeness (QED) is 0.572. The third-order valence-corrected chi connectivity index (χ3v) is 2.74. The van der Waals surface area contributed by atoms with E-state index in [0.717, 1.165) is 17.1 Å². The molecule has 0 unspecified atom stereocenters. The molecule has 1 aromatic rings. The number of hydrogen-bond acceptors (Lipinski definition) is 4. The lowest BCUT2D eigenvalue weighted by molar-refractivity contribution is 1.10. The molecule has 4 heteroatoms. The van der Waals surface area contributed by atoms with Gasteiger partial charge in [0.05, 0.1) is 0 Å². The summed E-state index contributed by atoms with van der Waals surface area (Å²) in [5, 5.41) is 0.630. The van der Waals surface area contributed by atoms with Crippen LogP contribution in [0.5, 0.6) is 0 Å². The van der Waals surface area contributed by atoms with E-state index in [-0.39, 0.29) is 0 Å². The number of nitrogens with zero attached hydrogens (tertiary/aromatic N) is 1. The second kappa shape index (κ2) is 5.09. The normalized spacial score (nSPS) is 10.5. The third-order valence-electron chi connectivity index (χ3n) is 1.60. The van der Waals surface area contributed by atoms with E-state index in [0.29, 0.717) is 5.25 Å². The van der Waals surface area contributed by atoms with Crippen molar-refractivity contribution < 1.29 is 0 Å². The first-order valence-electron chi connectivity index (χ1n) is 4.26. The Morgan fingerprint density at radius 2 is 2.38 bits per heavy atom. The van der Waals surface area contributed by atoms with E-state index in [1.54, 1.807) is 6.20 Å². The van der Waals surface area contributed by atoms with Crippen molar-refractivity contribution in [2.45, 2.75) is 24.9 Å².